The van der Waals surface area contributed by atoms with Crippen LogP contribution >= 0.6 is 0 Å². The average molecular weight is 274 g/mol. The second-order valence-electron chi connectivity index (χ2n) is 4.77. The van der Waals surface area contributed by atoms with Gasteiger partial charge in [-0.1, -0.05) is 13.8 Å². The maximum atomic E-state index is 11.8. The monoisotopic (exact) mass is 274 g/mol. The second-order valence-corrected chi connectivity index (χ2v) is 4.77. The Morgan fingerprint density at radius 3 is 2.37 bits per heavy atom. The summed E-state index contributed by atoms with van der Waals surface area (Å²) in [6.07, 6.45) is 1.15. The molecule has 19 heavy (non-hydrogen) atoms. The van der Waals surface area contributed by atoms with Crippen molar-refractivity contribution < 1.29 is 25.4 Å². The molecule has 0 aromatic rings. The van der Waals surface area contributed by atoms with E-state index in [1.54, 1.807) is 13.8 Å². The Balaban J connectivity index is 4.18. The molecule has 0 spiro atoms. The summed E-state index contributed by atoms with van der Waals surface area (Å²) in [5.74, 6) is -1.80. The standard InChI is InChI=1S/C11H23N5O3/c1-6(2)8(10(18)19)16-9(17)7(12)4-3-5-15-11(13)14/h6-8H,3-5,12H2,1-2H3,(H,16,17)(H,18,19)(H4,13,14,15)/p+1/t7-,8-/m0/s1. The van der Waals surface area contributed by atoms with Gasteiger partial charge in [0.2, 0.25) is 0 Å². The predicted octanol–water partition coefficient (Wildman–Crippen LogP) is -5.38. The number of hydrogen-bond acceptors (Lipinski definition) is 3. The molecule has 0 saturated carbocycles. The van der Waals surface area contributed by atoms with Crippen molar-refractivity contribution in [3.63, 3.8) is 0 Å². The van der Waals surface area contributed by atoms with Gasteiger partial charge in [-0.3, -0.25) is 21.3 Å². The average Bonchev–Trinajstić information content (AvgIpc) is 2.29. The molecule has 0 unspecified atom stereocenters. The number of guanidine groups is 1. The maximum absolute atomic E-state index is 11.8. The maximum Gasteiger partial charge on any atom is 0.338 e. The van der Waals surface area contributed by atoms with Gasteiger partial charge in [0.05, 0.1) is 18.6 Å². The second kappa shape index (κ2) is 8.30. The molecule has 0 aliphatic carbocycles. The van der Waals surface area contributed by atoms with Gasteiger partial charge < -0.3 is 21.0 Å². The Labute approximate surface area is 112 Å². The van der Waals surface area contributed by atoms with E-state index in [1.165, 1.54) is 0 Å². The van der Waals surface area contributed by atoms with Gasteiger partial charge in [-0.2, -0.15) is 0 Å². The van der Waals surface area contributed by atoms with Gasteiger partial charge in [-0.05, 0) is 12.3 Å². The highest BCUT2D eigenvalue weighted by Crippen LogP contribution is 2.01. The minimum absolute atomic E-state index is 0.127. The fourth-order valence-corrected chi connectivity index (χ4v) is 1.48. The predicted molar refractivity (Wildman–Crippen MR) is 66.9 cm³/mol. The number of hydrogen-bond donors (Lipinski definition) is 5. The number of carboxylic acid groups (broad SMARTS) is 1. The SMILES string of the molecule is CC(C)[C@H](NC(=O)[C@@H]([NH3+])CCC[NH+]=C(N)N)C(=O)[O-]. The van der Waals surface area contributed by atoms with Crippen molar-refractivity contribution in [3.8, 4) is 0 Å². The lowest BCUT2D eigenvalue weighted by molar-refractivity contribution is -0.463. The summed E-state index contributed by atoms with van der Waals surface area (Å²) in [6.45, 7) is 3.93. The van der Waals surface area contributed by atoms with Crippen LogP contribution in [0, 0.1) is 5.92 Å². The van der Waals surface area contributed by atoms with Crippen LogP contribution in [0.4, 0.5) is 0 Å². The first-order valence-electron chi connectivity index (χ1n) is 6.21. The molecule has 0 bridgehead atoms. The Hall–Kier alpha value is -1.83. The Bertz CT molecular complexity index is 339. The molecule has 8 nitrogen and oxygen atoms in total. The van der Waals surface area contributed by atoms with Gasteiger partial charge in [-0.15, -0.1) is 0 Å². The van der Waals surface area contributed by atoms with Crippen molar-refractivity contribution in [3.05, 3.63) is 0 Å². The van der Waals surface area contributed by atoms with Crippen LogP contribution in [-0.2, 0) is 9.59 Å². The fourth-order valence-electron chi connectivity index (χ4n) is 1.48. The highest BCUT2D eigenvalue weighted by atomic mass is 16.4. The largest absolute Gasteiger partial charge is 0.548 e. The van der Waals surface area contributed by atoms with E-state index in [9.17, 15) is 14.7 Å². The van der Waals surface area contributed by atoms with Crippen molar-refractivity contribution in [1.29, 1.82) is 0 Å². The molecule has 8 heteroatoms. The highest BCUT2D eigenvalue weighted by Gasteiger charge is 2.23. The molecule has 1 amide bonds. The number of carboxylic acids is 1. The Morgan fingerprint density at radius 2 is 1.95 bits per heavy atom. The molecule has 0 saturated heterocycles. The summed E-state index contributed by atoms with van der Waals surface area (Å²) in [4.78, 5) is 25.3. The Kier molecular flexibility index (Phi) is 7.50. The molecule has 0 aromatic carbocycles. The first-order valence-corrected chi connectivity index (χ1v) is 6.21. The van der Waals surface area contributed by atoms with Crippen molar-refractivity contribution in [2.45, 2.75) is 38.8 Å². The number of carbonyl (C=O) groups is 2. The minimum atomic E-state index is -1.29. The van der Waals surface area contributed by atoms with E-state index in [-0.39, 0.29) is 11.9 Å². The molecule has 2 atom stereocenters. The summed E-state index contributed by atoms with van der Waals surface area (Å²) in [5, 5.41) is 13.3. The number of aliphatic carboxylic acids is 1. The molecule has 110 valence electrons. The lowest BCUT2D eigenvalue weighted by atomic mass is 10.0. The van der Waals surface area contributed by atoms with Crippen LogP contribution < -0.4 is 32.6 Å². The topological polar surface area (TPSA) is 163 Å². The van der Waals surface area contributed by atoms with Crippen LogP contribution in [-0.4, -0.2) is 36.5 Å². The molecular formula is C11H24N5O3+. The Morgan fingerprint density at radius 1 is 1.37 bits per heavy atom. The van der Waals surface area contributed by atoms with Gasteiger partial charge in [0.15, 0.2) is 6.04 Å². The third kappa shape index (κ3) is 7.24. The van der Waals surface area contributed by atoms with Gasteiger partial charge in [0.1, 0.15) is 0 Å². The van der Waals surface area contributed by atoms with Crippen LogP contribution in [0.25, 0.3) is 0 Å². The van der Waals surface area contributed by atoms with Crippen LogP contribution in [0.1, 0.15) is 26.7 Å². The quantitative estimate of drug-likeness (QED) is 0.169. The number of rotatable bonds is 8. The van der Waals surface area contributed by atoms with Crippen molar-refractivity contribution in [2.75, 3.05) is 6.54 Å². The molecule has 0 radical (unpaired) electrons. The molecule has 0 aliphatic rings. The molecule has 0 fully saturated rings. The summed E-state index contributed by atoms with van der Waals surface area (Å²) >= 11 is 0. The van der Waals surface area contributed by atoms with Crippen LogP contribution in [0.15, 0.2) is 0 Å². The van der Waals surface area contributed by atoms with E-state index in [0.29, 0.717) is 19.4 Å². The van der Waals surface area contributed by atoms with Crippen LogP contribution in [0.3, 0.4) is 0 Å². The molecule has 0 rings (SSSR count). The van der Waals surface area contributed by atoms with E-state index in [2.05, 4.69) is 16.0 Å². The summed E-state index contributed by atoms with van der Waals surface area (Å²) in [6, 6.07) is -1.52. The third-order valence-electron chi connectivity index (χ3n) is 2.65. The lowest BCUT2D eigenvalue weighted by Gasteiger charge is -2.23. The zero-order chi connectivity index (χ0) is 15.0. The summed E-state index contributed by atoms with van der Waals surface area (Å²) < 4.78 is 0. The van der Waals surface area contributed by atoms with E-state index in [0.717, 1.165) is 0 Å². The normalized spacial score (nSPS) is 13.7. The highest BCUT2D eigenvalue weighted by molar-refractivity contribution is 5.85. The molecular weight excluding hydrogens is 250 g/mol. The minimum Gasteiger partial charge on any atom is -0.548 e. The number of nitrogens with two attached hydrogens (primary N) is 2. The van der Waals surface area contributed by atoms with Crippen LogP contribution in [0.5, 0.6) is 0 Å². The molecule has 0 heterocycles. The lowest BCUT2D eigenvalue weighted by Crippen LogP contribution is -2.78. The number of quaternary nitrogens is 1. The summed E-state index contributed by atoms with van der Waals surface area (Å²) in [7, 11) is 0. The number of carbonyl (C=O) groups excluding carboxylic acids is 2. The van der Waals surface area contributed by atoms with E-state index in [1.807, 2.05) is 0 Å². The molecule has 0 aromatic heterocycles. The molecule has 0 aliphatic heterocycles. The number of amides is 1. The van der Waals surface area contributed by atoms with Gasteiger partial charge >= 0.3 is 5.96 Å². The summed E-state index contributed by atoms with van der Waals surface area (Å²) in [5.41, 5.74) is 14.1. The van der Waals surface area contributed by atoms with E-state index in [4.69, 9.17) is 11.5 Å². The van der Waals surface area contributed by atoms with E-state index >= 15 is 0 Å². The van der Waals surface area contributed by atoms with Gasteiger partial charge in [0.25, 0.3) is 5.91 Å². The smallest absolute Gasteiger partial charge is 0.338 e. The van der Waals surface area contributed by atoms with Crippen molar-refractivity contribution >= 4 is 17.8 Å². The zero-order valence-corrected chi connectivity index (χ0v) is 11.4. The van der Waals surface area contributed by atoms with Crippen molar-refractivity contribution in [2.24, 2.45) is 17.4 Å². The van der Waals surface area contributed by atoms with Crippen LogP contribution in [0.2, 0.25) is 0 Å². The fraction of sp³-hybridized carbons (Fsp3) is 0.727. The van der Waals surface area contributed by atoms with E-state index < -0.39 is 24.0 Å². The van der Waals surface area contributed by atoms with Crippen molar-refractivity contribution in [1.82, 2.24) is 5.32 Å². The first-order chi connectivity index (χ1) is 8.75. The zero-order valence-electron chi connectivity index (χ0n) is 11.4. The number of nitrogens with one attached hydrogen (secondary N) is 2. The first kappa shape index (κ1) is 17.2. The van der Waals surface area contributed by atoms with Gasteiger partial charge in [0, 0.05) is 6.42 Å². The molecule has 9 N–H and O–H groups in total. The van der Waals surface area contributed by atoms with Gasteiger partial charge in [-0.25, -0.2) is 0 Å². The third-order valence-corrected chi connectivity index (χ3v) is 2.65.